The van der Waals surface area contributed by atoms with Gasteiger partial charge in [-0.1, -0.05) is 0 Å². The number of nitrogens with one attached hydrogen (secondary N) is 2. The molecular formula is C15H28IN3O2. The van der Waals surface area contributed by atoms with Gasteiger partial charge in [0.1, 0.15) is 11.5 Å². The Hall–Kier alpha value is -0.760. The van der Waals surface area contributed by atoms with Crippen molar-refractivity contribution in [3.05, 3.63) is 23.2 Å². The molecule has 0 aliphatic rings. The average Bonchev–Trinajstić information content (AvgIpc) is 2.71. The summed E-state index contributed by atoms with van der Waals surface area (Å²) in [4.78, 5) is 4.57. The molecule has 5 nitrogen and oxygen atoms in total. The van der Waals surface area contributed by atoms with Crippen LogP contribution in [0.5, 0.6) is 0 Å². The number of nitrogens with zero attached hydrogens (tertiary/aromatic N) is 1. The summed E-state index contributed by atoms with van der Waals surface area (Å²) in [5.41, 5.74) is 0.893. The summed E-state index contributed by atoms with van der Waals surface area (Å²) in [6.45, 7) is 12.1. The highest BCUT2D eigenvalue weighted by atomic mass is 127. The first-order valence-electron chi connectivity index (χ1n) is 7.01. The average molecular weight is 409 g/mol. The second kappa shape index (κ2) is 9.30. The van der Waals surface area contributed by atoms with E-state index in [1.165, 1.54) is 0 Å². The third-order valence-corrected chi connectivity index (χ3v) is 3.13. The molecule has 0 aliphatic heterocycles. The van der Waals surface area contributed by atoms with Crippen LogP contribution in [0.25, 0.3) is 0 Å². The lowest BCUT2D eigenvalue weighted by atomic mass is 10.1. The lowest BCUT2D eigenvalue weighted by Crippen LogP contribution is -2.45. The molecule has 1 heterocycles. The Morgan fingerprint density at radius 2 is 2.00 bits per heavy atom. The Morgan fingerprint density at radius 1 is 1.33 bits per heavy atom. The van der Waals surface area contributed by atoms with E-state index in [-0.39, 0.29) is 29.6 Å². The molecule has 0 amide bonds. The summed E-state index contributed by atoms with van der Waals surface area (Å²) < 4.78 is 10.9. The molecule has 0 bridgehead atoms. The SMILES string of the molecule is CCNC(=NCc1cc(C)oc1C)NCC(C)(C)OC.I. The zero-order chi connectivity index (χ0) is 15.2. The van der Waals surface area contributed by atoms with Gasteiger partial charge in [0.15, 0.2) is 5.96 Å². The highest BCUT2D eigenvalue weighted by Gasteiger charge is 2.16. The van der Waals surface area contributed by atoms with Crippen LogP contribution >= 0.6 is 24.0 Å². The first-order chi connectivity index (χ1) is 9.38. The molecule has 1 aromatic heterocycles. The van der Waals surface area contributed by atoms with Crippen LogP contribution in [0.2, 0.25) is 0 Å². The summed E-state index contributed by atoms with van der Waals surface area (Å²) in [5.74, 6) is 2.64. The van der Waals surface area contributed by atoms with Crippen LogP contribution in [-0.4, -0.2) is 31.8 Å². The van der Waals surface area contributed by atoms with Crippen molar-refractivity contribution < 1.29 is 9.15 Å². The molecule has 0 fully saturated rings. The molecule has 0 saturated carbocycles. The number of methoxy groups -OCH3 is 1. The minimum Gasteiger partial charge on any atom is -0.466 e. The zero-order valence-corrected chi connectivity index (χ0v) is 16.2. The molecule has 0 unspecified atom stereocenters. The highest BCUT2D eigenvalue weighted by Crippen LogP contribution is 2.14. The normalized spacial score (nSPS) is 12.0. The Labute approximate surface area is 144 Å². The summed E-state index contributed by atoms with van der Waals surface area (Å²) in [6, 6.07) is 2.03. The molecule has 6 heteroatoms. The van der Waals surface area contributed by atoms with Crippen LogP contribution in [0.3, 0.4) is 0 Å². The minimum absolute atomic E-state index is 0. The molecule has 0 spiro atoms. The third kappa shape index (κ3) is 7.17. The number of rotatable bonds is 6. The number of ether oxygens (including phenoxy) is 1. The summed E-state index contributed by atoms with van der Waals surface area (Å²) in [7, 11) is 1.71. The van der Waals surface area contributed by atoms with Crippen molar-refractivity contribution in [1.82, 2.24) is 10.6 Å². The van der Waals surface area contributed by atoms with Crippen molar-refractivity contribution >= 4 is 29.9 Å². The van der Waals surface area contributed by atoms with E-state index in [1.807, 2.05) is 40.7 Å². The molecule has 1 rings (SSSR count). The number of guanidine groups is 1. The smallest absolute Gasteiger partial charge is 0.191 e. The standard InChI is InChI=1S/C15H27N3O2.HI/c1-7-16-14(18-10-15(4,5)19-6)17-9-13-8-11(2)20-12(13)3;/h8H,7,9-10H2,1-6H3,(H2,16,17,18);1H. The lowest BCUT2D eigenvalue weighted by Gasteiger charge is -2.24. The van der Waals surface area contributed by atoms with Crippen molar-refractivity contribution in [3.8, 4) is 0 Å². The van der Waals surface area contributed by atoms with Crippen molar-refractivity contribution in [3.63, 3.8) is 0 Å². The van der Waals surface area contributed by atoms with E-state index in [0.29, 0.717) is 13.1 Å². The molecule has 0 saturated heterocycles. The molecule has 1 aromatic rings. The van der Waals surface area contributed by atoms with Crippen molar-refractivity contribution in [2.45, 2.75) is 46.8 Å². The van der Waals surface area contributed by atoms with E-state index in [1.54, 1.807) is 7.11 Å². The number of aryl methyl sites for hydroxylation is 2. The Balaban J connectivity index is 0.00000400. The fraction of sp³-hybridized carbons (Fsp3) is 0.667. The van der Waals surface area contributed by atoms with E-state index >= 15 is 0 Å². The number of furan rings is 1. The van der Waals surface area contributed by atoms with Gasteiger partial charge in [-0.15, -0.1) is 24.0 Å². The van der Waals surface area contributed by atoms with E-state index in [0.717, 1.165) is 29.6 Å². The second-order valence-electron chi connectivity index (χ2n) is 5.45. The van der Waals surface area contributed by atoms with Crippen molar-refractivity contribution in [2.75, 3.05) is 20.2 Å². The van der Waals surface area contributed by atoms with E-state index in [2.05, 4.69) is 15.6 Å². The summed E-state index contributed by atoms with van der Waals surface area (Å²) in [5, 5.41) is 6.52. The van der Waals surface area contributed by atoms with Gasteiger partial charge in [-0.2, -0.15) is 0 Å². The predicted molar refractivity (Wildman–Crippen MR) is 97.5 cm³/mol. The van der Waals surface area contributed by atoms with Crippen LogP contribution < -0.4 is 10.6 Å². The van der Waals surface area contributed by atoms with Crippen LogP contribution in [0.4, 0.5) is 0 Å². The zero-order valence-electron chi connectivity index (χ0n) is 13.9. The van der Waals surface area contributed by atoms with E-state index < -0.39 is 0 Å². The monoisotopic (exact) mass is 409 g/mol. The quantitative estimate of drug-likeness (QED) is 0.431. The van der Waals surface area contributed by atoms with Gasteiger partial charge in [0, 0.05) is 25.8 Å². The van der Waals surface area contributed by atoms with E-state index in [4.69, 9.17) is 9.15 Å². The van der Waals surface area contributed by atoms with Gasteiger partial charge in [0.05, 0.1) is 12.1 Å². The van der Waals surface area contributed by atoms with Gasteiger partial charge in [-0.25, -0.2) is 4.99 Å². The Kier molecular flexibility index (Phi) is 8.96. The van der Waals surface area contributed by atoms with Crippen LogP contribution in [0.1, 0.15) is 37.9 Å². The number of aliphatic imine (C=N–C) groups is 1. The molecule has 2 N–H and O–H groups in total. The van der Waals surface area contributed by atoms with Gasteiger partial charge in [0.2, 0.25) is 0 Å². The third-order valence-electron chi connectivity index (χ3n) is 3.13. The molecule has 0 aromatic carbocycles. The number of hydrogen-bond acceptors (Lipinski definition) is 3. The summed E-state index contributed by atoms with van der Waals surface area (Å²) in [6.07, 6.45) is 0. The van der Waals surface area contributed by atoms with Gasteiger partial charge in [-0.05, 0) is 40.7 Å². The first-order valence-corrected chi connectivity index (χ1v) is 7.01. The number of hydrogen-bond donors (Lipinski definition) is 2. The van der Waals surface area contributed by atoms with Gasteiger partial charge in [0.25, 0.3) is 0 Å². The topological polar surface area (TPSA) is 58.8 Å². The van der Waals surface area contributed by atoms with Gasteiger partial charge in [-0.3, -0.25) is 0 Å². The van der Waals surface area contributed by atoms with Crippen LogP contribution in [-0.2, 0) is 11.3 Å². The largest absolute Gasteiger partial charge is 0.466 e. The second-order valence-corrected chi connectivity index (χ2v) is 5.45. The fourth-order valence-electron chi connectivity index (χ4n) is 1.72. The maximum absolute atomic E-state index is 5.51. The Bertz CT molecular complexity index is 456. The predicted octanol–water partition coefficient (Wildman–Crippen LogP) is 2.99. The summed E-state index contributed by atoms with van der Waals surface area (Å²) >= 11 is 0. The lowest BCUT2D eigenvalue weighted by molar-refractivity contribution is 0.0268. The molecule has 0 aliphatic carbocycles. The molecule has 0 atom stereocenters. The fourth-order valence-corrected chi connectivity index (χ4v) is 1.72. The van der Waals surface area contributed by atoms with Crippen molar-refractivity contribution in [2.24, 2.45) is 4.99 Å². The van der Waals surface area contributed by atoms with Gasteiger partial charge >= 0.3 is 0 Å². The Morgan fingerprint density at radius 3 is 2.48 bits per heavy atom. The molecular weight excluding hydrogens is 381 g/mol. The first kappa shape index (κ1) is 20.2. The van der Waals surface area contributed by atoms with Gasteiger partial charge < -0.3 is 19.8 Å². The maximum atomic E-state index is 5.51. The minimum atomic E-state index is -0.224. The van der Waals surface area contributed by atoms with Crippen LogP contribution in [0, 0.1) is 13.8 Å². The van der Waals surface area contributed by atoms with E-state index in [9.17, 15) is 0 Å². The molecule has 0 radical (unpaired) electrons. The molecule has 122 valence electrons. The number of halogens is 1. The van der Waals surface area contributed by atoms with Crippen molar-refractivity contribution in [1.29, 1.82) is 0 Å². The molecule has 21 heavy (non-hydrogen) atoms. The van der Waals surface area contributed by atoms with Crippen LogP contribution in [0.15, 0.2) is 15.5 Å². The maximum Gasteiger partial charge on any atom is 0.191 e. The highest BCUT2D eigenvalue weighted by molar-refractivity contribution is 14.0.